The number of hydrogen-bond donors (Lipinski definition) is 1. The lowest BCUT2D eigenvalue weighted by Crippen LogP contribution is -2.46. The normalized spacial score (nSPS) is 15.8. The third-order valence-electron chi connectivity index (χ3n) is 4.29. The molecule has 7 nitrogen and oxygen atoms in total. The monoisotopic (exact) mass is 372 g/mol. The van der Waals surface area contributed by atoms with Crippen LogP contribution in [0.2, 0.25) is 5.15 Å². The maximum atomic E-state index is 11.9. The minimum absolute atomic E-state index is 0.259. The standard InChI is InChI=1S/C18H17ClN4O3/c19-17-13(23-10-4-1-5-14(23)21-17)6-7-16(25)26-11-15(24)22-18(12-20)8-2-3-9-18/h1,4-7,10H,2-3,8-9,11H2,(H,22,24)/b7-6+. The fourth-order valence-electron chi connectivity index (χ4n) is 3.01. The molecule has 1 aliphatic rings. The first-order chi connectivity index (χ1) is 12.5. The average molecular weight is 373 g/mol. The van der Waals surface area contributed by atoms with Gasteiger partial charge in [-0.05, 0) is 43.9 Å². The Bertz CT molecular complexity index is 907. The van der Waals surface area contributed by atoms with Crippen LogP contribution in [0.3, 0.4) is 0 Å². The number of ether oxygens (including phenoxy) is 1. The molecule has 2 aromatic heterocycles. The molecule has 0 saturated heterocycles. The van der Waals surface area contributed by atoms with E-state index in [0.29, 0.717) is 24.2 Å². The summed E-state index contributed by atoms with van der Waals surface area (Å²) in [5, 5.41) is 12.2. The number of carbonyl (C=O) groups is 2. The Morgan fingerprint density at radius 1 is 1.42 bits per heavy atom. The fourth-order valence-corrected chi connectivity index (χ4v) is 3.25. The topological polar surface area (TPSA) is 96.5 Å². The molecular formula is C18H17ClN4O3. The van der Waals surface area contributed by atoms with Crippen molar-refractivity contribution in [3.8, 4) is 6.07 Å². The van der Waals surface area contributed by atoms with Crippen LogP contribution < -0.4 is 5.32 Å². The fraction of sp³-hybridized carbons (Fsp3) is 0.333. The molecule has 2 heterocycles. The van der Waals surface area contributed by atoms with E-state index in [4.69, 9.17) is 16.3 Å². The quantitative estimate of drug-likeness (QED) is 0.642. The predicted octanol–water partition coefficient (Wildman–Crippen LogP) is 2.50. The number of carbonyl (C=O) groups excluding carboxylic acids is 2. The Morgan fingerprint density at radius 3 is 2.92 bits per heavy atom. The zero-order valence-electron chi connectivity index (χ0n) is 13.9. The van der Waals surface area contributed by atoms with Crippen LogP contribution in [0, 0.1) is 11.3 Å². The predicted molar refractivity (Wildman–Crippen MR) is 95.1 cm³/mol. The molecule has 1 aliphatic carbocycles. The number of fused-ring (bicyclic) bond motifs is 1. The van der Waals surface area contributed by atoms with Gasteiger partial charge in [0.15, 0.2) is 11.8 Å². The van der Waals surface area contributed by atoms with Gasteiger partial charge >= 0.3 is 5.97 Å². The Hall–Kier alpha value is -2.85. The summed E-state index contributed by atoms with van der Waals surface area (Å²) < 4.78 is 6.67. The number of nitrogens with one attached hydrogen (secondary N) is 1. The van der Waals surface area contributed by atoms with Crippen molar-refractivity contribution in [2.45, 2.75) is 31.2 Å². The summed E-state index contributed by atoms with van der Waals surface area (Å²) in [6.07, 6.45) is 7.48. The van der Waals surface area contributed by atoms with Crippen LogP contribution in [0.5, 0.6) is 0 Å². The minimum Gasteiger partial charge on any atom is -0.452 e. The first-order valence-corrected chi connectivity index (χ1v) is 8.60. The van der Waals surface area contributed by atoms with Crippen LogP contribution in [0.15, 0.2) is 30.5 Å². The molecule has 26 heavy (non-hydrogen) atoms. The van der Waals surface area contributed by atoms with E-state index in [9.17, 15) is 14.9 Å². The lowest BCUT2D eigenvalue weighted by atomic mass is 10.00. The number of imidazole rings is 1. The van der Waals surface area contributed by atoms with Gasteiger partial charge in [-0.1, -0.05) is 17.7 Å². The maximum Gasteiger partial charge on any atom is 0.331 e. The Labute approximate surface area is 155 Å². The molecule has 1 N–H and O–H groups in total. The van der Waals surface area contributed by atoms with Gasteiger partial charge in [0.05, 0.1) is 11.8 Å². The SMILES string of the molecule is N#CC1(NC(=O)COC(=O)/C=C/c2c(Cl)nc3ccccn23)CCCC1. The largest absolute Gasteiger partial charge is 0.452 e. The molecule has 2 aromatic rings. The van der Waals surface area contributed by atoms with Crippen molar-refractivity contribution in [1.82, 2.24) is 14.7 Å². The lowest BCUT2D eigenvalue weighted by molar-refractivity contribution is -0.144. The van der Waals surface area contributed by atoms with E-state index in [1.54, 1.807) is 16.7 Å². The van der Waals surface area contributed by atoms with Gasteiger partial charge in [0.25, 0.3) is 5.91 Å². The van der Waals surface area contributed by atoms with Gasteiger partial charge in [0.1, 0.15) is 11.2 Å². The van der Waals surface area contributed by atoms with E-state index in [2.05, 4.69) is 16.4 Å². The molecule has 1 fully saturated rings. The van der Waals surface area contributed by atoms with Gasteiger partial charge in [-0.15, -0.1) is 0 Å². The molecule has 8 heteroatoms. The molecule has 134 valence electrons. The lowest BCUT2D eigenvalue weighted by Gasteiger charge is -2.21. The number of halogens is 1. The second kappa shape index (κ2) is 7.58. The summed E-state index contributed by atoms with van der Waals surface area (Å²) >= 11 is 6.08. The second-order valence-electron chi connectivity index (χ2n) is 6.11. The Balaban J connectivity index is 1.57. The molecule has 0 bridgehead atoms. The highest BCUT2D eigenvalue weighted by Gasteiger charge is 2.35. The van der Waals surface area contributed by atoms with Crippen molar-refractivity contribution >= 4 is 35.2 Å². The van der Waals surface area contributed by atoms with Gasteiger partial charge in [0.2, 0.25) is 0 Å². The van der Waals surface area contributed by atoms with Gasteiger partial charge in [-0.3, -0.25) is 9.20 Å². The van der Waals surface area contributed by atoms with Crippen molar-refractivity contribution in [2.24, 2.45) is 0 Å². The van der Waals surface area contributed by atoms with Gasteiger partial charge < -0.3 is 10.1 Å². The third kappa shape index (κ3) is 3.86. The average Bonchev–Trinajstić information content (AvgIpc) is 3.22. The van der Waals surface area contributed by atoms with Crippen LogP contribution in [-0.4, -0.2) is 33.4 Å². The van der Waals surface area contributed by atoms with Gasteiger partial charge in [0, 0.05) is 12.3 Å². The smallest absolute Gasteiger partial charge is 0.331 e. The highest BCUT2D eigenvalue weighted by molar-refractivity contribution is 6.31. The number of esters is 1. The molecule has 0 aliphatic heterocycles. The first-order valence-electron chi connectivity index (χ1n) is 8.23. The highest BCUT2D eigenvalue weighted by Crippen LogP contribution is 2.28. The molecule has 0 spiro atoms. The molecule has 1 amide bonds. The van der Waals surface area contributed by atoms with Crippen molar-refractivity contribution in [3.63, 3.8) is 0 Å². The first kappa shape index (κ1) is 18.0. The van der Waals surface area contributed by atoms with E-state index in [1.165, 1.54) is 12.2 Å². The minimum atomic E-state index is -0.830. The summed E-state index contributed by atoms with van der Waals surface area (Å²) in [4.78, 5) is 28.0. The maximum absolute atomic E-state index is 11.9. The number of pyridine rings is 1. The van der Waals surface area contributed by atoms with Crippen molar-refractivity contribution in [3.05, 3.63) is 41.3 Å². The summed E-state index contributed by atoms with van der Waals surface area (Å²) in [5.74, 6) is -1.16. The van der Waals surface area contributed by atoms with Gasteiger partial charge in [-0.2, -0.15) is 5.26 Å². The number of nitrogens with zero attached hydrogens (tertiary/aromatic N) is 3. The summed E-state index contributed by atoms with van der Waals surface area (Å²) in [6, 6.07) is 7.59. The molecule has 0 unspecified atom stereocenters. The molecule has 1 saturated carbocycles. The summed E-state index contributed by atoms with van der Waals surface area (Å²) in [6.45, 7) is -0.437. The van der Waals surface area contributed by atoms with Crippen molar-refractivity contribution in [1.29, 1.82) is 5.26 Å². The third-order valence-corrected chi connectivity index (χ3v) is 4.57. The van der Waals surface area contributed by atoms with E-state index in [1.807, 2.05) is 12.1 Å². The number of aromatic nitrogens is 2. The second-order valence-corrected chi connectivity index (χ2v) is 6.46. The summed E-state index contributed by atoms with van der Waals surface area (Å²) in [5.41, 5.74) is 0.366. The Kier molecular flexibility index (Phi) is 5.24. The van der Waals surface area contributed by atoms with E-state index >= 15 is 0 Å². The van der Waals surface area contributed by atoms with Crippen LogP contribution in [0.4, 0.5) is 0 Å². The van der Waals surface area contributed by atoms with E-state index in [0.717, 1.165) is 12.8 Å². The number of rotatable bonds is 5. The molecule has 0 atom stereocenters. The molecule has 0 aromatic carbocycles. The highest BCUT2D eigenvalue weighted by atomic mass is 35.5. The van der Waals surface area contributed by atoms with Crippen LogP contribution in [0.25, 0.3) is 11.7 Å². The molecule has 0 radical (unpaired) electrons. The van der Waals surface area contributed by atoms with Crippen LogP contribution >= 0.6 is 11.6 Å². The molecule has 3 rings (SSSR count). The summed E-state index contributed by atoms with van der Waals surface area (Å²) in [7, 11) is 0. The van der Waals surface area contributed by atoms with Crippen molar-refractivity contribution in [2.75, 3.05) is 6.61 Å². The van der Waals surface area contributed by atoms with Crippen LogP contribution in [-0.2, 0) is 14.3 Å². The number of amides is 1. The zero-order valence-corrected chi connectivity index (χ0v) is 14.7. The number of nitriles is 1. The zero-order chi connectivity index (χ0) is 18.6. The number of hydrogen-bond acceptors (Lipinski definition) is 5. The molecular weight excluding hydrogens is 356 g/mol. The van der Waals surface area contributed by atoms with Crippen LogP contribution in [0.1, 0.15) is 31.4 Å². The Morgan fingerprint density at radius 2 is 2.19 bits per heavy atom. The van der Waals surface area contributed by atoms with Crippen molar-refractivity contribution < 1.29 is 14.3 Å². The van der Waals surface area contributed by atoms with Gasteiger partial charge in [-0.25, -0.2) is 9.78 Å². The van der Waals surface area contributed by atoms with E-state index in [-0.39, 0.29) is 5.15 Å². The van der Waals surface area contributed by atoms with E-state index < -0.39 is 24.0 Å².